The molecule has 0 radical (unpaired) electrons. The summed E-state index contributed by atoms with van der Waals surface area (Å²) in [4.78, 5) is 23.2. The first kappa shape index (κ1) is 11.0. The third kappa shape index (κ3) is 2.99. The van der Waals surface area contributed by atoms with Crippen molar-refractivity contribution < 1.29 is 19.4 Å². The third-order valence-electron chi connectivity index (χ3n) is 2.37. The molecule has 0 aliphatic carbocycles. The molecule has 14 heavy (non-hydrogen) atoms. The van der Waals surface area contributed by atoms with Gasteiger partial charge in [0.1, 0.15) is 6.42 Å². The van der Waals surface area contributed by atoms with Crippen LogP contribution in [0.1, 0.15) is 19.3 Å². The number of aliphatic carboxylic acids is 1. The molecule has 1 rings (SSSR count). The highest BCUT2D eigenvalue weighted by Crippen LogP contribution is 2.13. The van der Waals surface area contributed by atoms with Crippen LogP contribution in [-0.2, 0) is 14.3 Å². The number of hydrogen-bond acceptors (Lipinski definition) is 3. The normalized spacial score (nSPS) is 22.1. The van der Waals surface area contributed by atoms with E-state index in [4.69, 9.17) is 9.84 Å². The summed E-state index contributed by atoms with van der Waals surface area (Å²) >= 11 is 0. The molecule has 0 spiro atoms. The van der Waals surface area contributed by atoms with E-state index in [9.17, 15) is 9.59 Å². The summed E-state index contributed by atoms with van der Waals surface area (Å²) in [5.74, 6) is -1.39. The van der Waals surface area contributed by atoms with Crippen molar-refractivity contribution in [1.29, 1.82) is 0 Å². The maximum absolute atomic E-state index is 11.4. The van der Waals surface area contributed by atoms with Crippen molar-refractivity contribution in [1.82, 2.24) is 4.90 Å². The molecule has 0 aromatic carbocycles. The zero-order chi connectivity index (χ0) is 10.6. The van der Waals surface area contributed by atoms with Gasteiger partial charge in [0.15, 0.2) is 0 Å². The minimum Gasteiger partial charge on any atom is -0.481 e. The fourth-order valence-electron chi connectivity index (χ4n) is 1.60. The standard InChI is InChI=1S/C9H15NO4/c1-14-7-3-2-4-10(6-7)8(11)5-9(12)13/h7H,2-6H2,1H3,(H,12,13). The quantitative estimate of drug-likeness (QED) is 0.657. The van der Waals surface area contributed by atoms with E-state index >= 15 is 0 Å². The number of rotatable bonds is 3. The van der Waals surface area contributed by atoms with E-state index in [1.165, 1.54) is 0 Å². The molecule has 1 aliphatic rings. The summed E-state index contributed by atoms with van der Waals surface area (Å²) in [5.41, 5.74) is 0. The van der Waals surface area contributed by atoms with Crippen LogP contribution < -0.4 is 0 Å². The summed E-state index contributed by atoms with van der Waals surface area (Å²) in [5, 5.41) is 8.46. The van der Waals surface area contributed by atoms with Crippen LogP contribution in [0.4, 0.5) is 0 Å². The molecular weight excluding hydrogens is 186 g/mol. The predicted molar refractivity (Wildman–Crippen MR) is 48.9 cm³/mol. The van der Waals surface area contributed by atoms with E-state index in [1.54, 1.807) is 12.0 Å². The Balaban J connectivity index is 2.43. The first-order valence-corrected chi connectivity index (χ1v) is 4.66. The SMILES string of the molecule is COC1CCCN(C(=O)CC(=O)O)C1. The minimum absolute atomic E-state index is 0.0569. The number of nitrogens with zero attached hydrogens (tertiary/aromatic N) is 1. The van der Waals surface area contributed by atoms with Crippen LogP contribution in [0.3, 0.4) is 0 Å². The van der Waals surface area contributed by atoms with Gasteiger partial charge in [-0.05, 0) is 12.8 Å². The van der Waals surface area contributed by atoms with Gasteiger partial charge in [-0.1, -0.05) is 0 Å². The Kier molecular flexibility index (Phi) is 3.88. The first-order valence-electron chi connectivity index (χ1n) is 4.66. The molecule has 0 saturated carbocycles. The highest BCUT2D eigenvalue weighted by atomic mass is 16.5. The van der Waals surface area contributed by atoms with E-state index in [0.717, 1.165) is 12.8 Å². The number of likely N-dealkylation sites (tertiary alicyclic amines) is 1. The van der Waals surface area contributed by atoms with Gasteiger partial charge in [-0.3, -0.25) is 9.59 Å². The maximum Gasteiger partial charge on any atom is 0.312 e. The van der Waals surface area contributed by atoms with Gasteiger partial charge in [-0.2, -0.15) is 0 Å². The molecule has 0 bridgehead atoms. The van der Waals surface area contributed by atoms with Crippen LogP contribution in [0.2, 0.25) is 0 Å². The zero-order valence-electron chi connectivity index (χ0n) is 8.23. The lowest BCUT2D eigenvalue weighted by Crippen LogP contribution is -2.43. The summed E-state index contributed by atoms with van der Waals surface area (Å²) in [6.07, 6.45) is 1.45. The number of amides is 1. The fraction of sp³-hybridized carbons (Fsp3) is 0.778. The second-order valence-electron chi connectivity index (χ2n) is 3.41. The highest BCUT2D eigenvalue weighted by molar-refractivity contribution is 5.93. The topological polar surface area (TPSA) is 66.8 Å². The van der Waals surface area contributed by atoms with Gasteiger partial charge in [0, 0.05) is 20.2 Å². The lowest BCUT2D eigenvalue weighted by molar-refractivity contribution is -0.145. The van der Waals surface area contributed by atoms with Crippen molar-refractivity contribution in [3.05, 3.63) is 0 Å². The Bertz CT molecular complexity index is 229. The molecule has 1 fully saturated rings. The first-order chi connectivity index (χ1) is 6.63. The van der Waals surface area contributed by atoms with Crippen molar-refractivity contribution in [2.45, 2.75) is 25.4 Å². The Morgan fingerprint density at radius 2 is 2.29 bits per heavy atom. The molecule has 0 aromatic rings. The van der Waals surface area contributed by atoms with Crippen LogP contribution in [0.15, 0.2) is 0 Å². The largest absolute Gasteiger partial charge is 0.481 e. The molecular formula is C9H15NO4. The second kappa shape index (κ2) is 4.95. The summed E-state index contributed by atoms with van der Waals surface area (Å²) < 4.78 is 5.14. The van der Waals surface area contributed by atoms with Gasteiger partial charge in [0.05, 0.1) is 6.10 Å². The molecule has 1 N–H and O–H groups in total. The molecule has 1 saturated heterocycles. The van der Waals surface area contributed by atoms with Crippen molar-refractivity contribution in [3.63, 3.8) is 0 Å². The molecule has 0 aromatic heterocycles. The van der Waals surface area contributed by atoms with E-state index in [1.807, 2.05) is 0 Å². The number of carboxylic acids is 1. The summed E-state index contributed by atoms with van der Waals surface area (Å²) in [7, 11) is 1.61. The van der Waals surface area contributed by atoms with Crippen molar-refractivity contribution in [2.24, 2.45) is 0 Å². The average molecular weight is 201 g/mol. The number of ether oxygens (including phenoxy) is 1. The smallest absolute Gasteiger partial charge is 0.312 e. The van der Waals surface area contributed by atoms with Gasteiger partial charge in [0.2, 0.25) is 5.91 Å². The minimum atomic E-state index is -1.07. The number of hydrogen-bond donors (Lipinski definition) is 1. The number of carboxylic acid groups (broad SMARTS) is 1. The lowest BCUT2D eigenvalue weighted by atomic mass is 10.1. The van der Waals surface area contributed by atoms with Gasteiger partial charge in [0.25, 0.3) is 0 Å². The molecule has 5 nitrogen and oxygen atoms in total. The Morgan fingerprint density at radius 1 is 1.57 bits per heavy atom. The third-order valence-corrected chi connectivity index (χ3v) is 2.37. The van der Waals surface area contributed by atoms with Crippen LogP contribution in [0, 0.1) is 0 Å². The number of carbonyl (C=O) groups excluding carboxylic acids is 1. The number of methoxy groups -OCH3 is 1. The molecule has 1 amide bonds. The zero-order valence-corrected chi connectivity index (χ0v) is 8.23. The molecule has 1 heterocycles. The van der Waals surface area contributed by atoms with Crippen molar-refractivity contribution in [3.8, 4) is 0 Å². The van der Waals surface area contributed by atoms with Crippen LogP contribution >= 0.6 is 0 Å². The summed E-state index contributed by atoms with van der Waals surface area (Å²) in [6, 6.07) is 0. The van der Waals surface area contributed by atoms with Crippen LogP contribution in [0.25, 0.3) is 0 Å². The van der Waals surface area contributed by atoms with Gasteiger partial charge < -0.3 is 14.7 Å². The summed E-state index contributed by atoms with van der Waals surface area (Å²) in [6.45, 7) is 1.16. The molecule has 1 unspecified atom stereocenters. The second-order valence-corrected chi connectivity index (χ2v) is 3.41. The van der Waals surface area contributed by atoms with Crippen molar-refractivity contribution in [2.75, 3.05) is 20.2 Å². The Morgan fingerprint density at radius 3 is 2.86 bits per heavy atom. The molecule has 5 heteroatoms. The number of carbonyl (C=O) groups is 2. The van der Waals surface area contributed by atoms with Crippen molar-refractivity contribution >= 4 is 11.9 Å². The van der Waals surface area contributed by atoms with E-state index in [2.05, 4.69) is 0 Å². The molecule has 1 aliphatic heterocycles. The predicted octanol–water partition coefficient (Wildman–Crippen LogP) is 0.0985. The Hall–Kier alpha value is -1.10. The lowest BCUT2D eigenvalue weighted by Gasteiger charge is -2.31. The monoisotopic (exact) mass is 201 g/mol. The molecule has 80 valence electrons. The van der Waals surface area contributed by atoms with Crippen LogP contribution in [0.5, 0.6) is 0 Å². The number of piperidine rings is 1. The van der Waals surface area contributed by atoms with Gasteiger partial charge >= 0.3 is 5.97 Å². The highest BCUT2D eigenvalue weighted by Gasteiger charge is 2.24. The van der Waals surface area contributed by atoms with E-state index < -0.39 is 12.4 Å². The van der Waals surface area contributed by atoms with Crippen LogP contribution in [-0.4, -0.2) is 48.2 Å². The van der Waals surface area contributed by atoms with Gasteiger partial charge in [-0.15, -0.1) is 0 Å². The van der Waals surface area contributed by atoms with E-state index in [-0.39, 0.29) is 12.0 Å². The Labute approximate surface area is 82.6 Å². The molecule has 1 atom stereocenters. The fourth-order valence-corrected chi connectivity index (χ4v) is 1.60. The average Bonchev–Trinajstić information content (AvgIpc) is 2.17. The van der Waals surface area contributed by atoms with Gasteiger partial charge in [-0.25, -0.2) is 0 Å². The maximum atomic E-state index is 11.4. The van der Waals surface area contributed by atoms with E-state index in [0.29, 0.717) is 13.1 Å².